The van der Waals surface area contributed by atoms with E-state index in [1.165, 1.54) is 0 Å². The molecule has 1 saturated heterocycles. The second-order valence-corrected chi connectivity index (χ2v) is 7.12. The van der Waals surface area contributed by atoms with Gasteiger partial charge >= 0.3 is 6.18 Å². The molecule has 2 rings (SSSR count). The summed E-state index contributed by atoms with van der Waals surface area (Å²) in [6.07, 6.45) is -2.00. The highest BCUT2D eigenvalue weighted by molar-refractivity contribution is 7.09. The molecule has 148 valence electrons. The van der Waals surface area contributed by atoms with Crippen molar-refractivity contribution in [2.75, 3.05) is 32.7 Å². The molecule has 0 bridgehead atoms. The molecule has 6 nitrogen and oxygen atoms in total. The molecule has 1 fully saturated rings. The molecular weight excluding hydrogens is 367 g/mol. The van der Waals surface area contributed by atoms with Gasteiger partial charge in [-0.15, -0.1) is 11.3 Å². The molecule has 1 aliphatic rings. The van der Waals surface area contributed by atoms with Crippen molar-refractivity contribution < 1.29 is 18.3 Å². The van der Waals surface area contributed by atoms with Crippen molar-refractivity contribution in [1.29, 1.82) is 0 Å². The number of guanidine groups is 1. The molecule has 2 heterocycles. The summed E-state index contributed by atoms with van der Waals surface area (Å²) in [6, 6.07) is 0. The topological polar surface area (TPSA) is 72.8 Å². The van der Waals surface area contributed by atoms with Gasteiger partial charge in [0.15, 0.2) is 11.7 Å². The fourth-order valence-corrected chi connectivity index (χ4v) is 3.38. The summed E-state index contributed by atoms with van der Waals surface area (Å²) in [6.45, 7) is 6.21. The van der Waals surface area contributed by atoms with Gasteiger partial charge < -0.3 is 20.6 Å². The Kier molecular flexibility index (Phi) is 8.11. The highest BCUT2D eigenvalue weighted by Crippen LogP contribution is 2.30. The van der Waals surface area contributed by atoms with Crippen LogP contribution < -0.4 is 10.6 Å². The van der Waals surface area contributed by atoms with Crippen LogP contribution in [0, 0.1) is 0 Å². The number of likely N-dealkylation sites (tertiary alicyclic amines) is 1. The van der Waals surface area contributed by atoms with Gasteiger partial charge in [-0.05, 0) is 32.7 Å². The highest BCUT2D eigenvalue weighted by atomic mass is 32.1. The van der Waals surface area contributed by atoms with Gasteiger partial charge in [0.2, 0.25) is 0 Å². The van der Waals surface area contributed by atoms with E-state index in [1.54, 1.807) is 0 Å². The molecule has 26 heavy (non-hydrogen) atoms. The summed E-state index contributed by atoms with van der Waals surface area (Å²) in [5.41, 5.74) is -0.864. The zero-order valence-electron chi connectivity index (χ0n) is 14.8. The van der Waals surface area contributed by atoms with E-state index >= 15 is 0 Å². The maximum absolute atomic E-state index is 12.6. The normalized spacial score (nSPS) is 17.5. The predicted octanol–water partition coefficient (Wildman–Crippen LogP) is 2.06. The van der Waals surface area contributed by atoms with Crippen molar-refractivity contribution in [1.82, 2.24) is 20.5 Å². The molecule has 0 spiro atoms. The van der Waals surface area contributed by atoms with Crippen LogP contribution in [0.15, 0.2) is 10.4 Å². The van der Waals surface area contributed by atoms with Gasteiger partial charge in [0, 0.05) is 31.6 Å². The third kappa shape index (κ3) is 7.08. The molecule has 0 aromatic carbocycles. The number of aliphatic hydroxyl groups is 1. The van der Waals surface area contributed by atoms with E-state index in [0.29, 0.717) is 17.5 Å². The number of halogens is 3. The number of alkyl halides is 3. The molecule has 1 aromatic rings. The first-order chi connectivity index (χ1) is 12.4. The van der Waals surface area contributed by atoms with E-state index in [0.717, 1.165) is 62.2 Å². The molecule has 0 aliphatic carbocycles. The number of hydrogen-bond acceptors (Lipinski definition) is 5. The molecule has 1 aliphatic heterocycles. The number of rotatable bonds is 7. The van der Waals surface area contributed by atoms with Crippen molar-refractivity contribution in [3.63, 3.8) is 0 Å². The van der Waals surface area contributed by atoms with Gasteiger partial charge in [-0.2, -0.15) is 13.2 Å². The smallest absolute Gasteiger partial charge is 0.393 e. The fourth-order valence-electron chi connectivity index (χ4n) is 2.65. The molecule has 0 radical (unpaired) electrons. The quantitative estimate of drug-likeness (QED) is 0.376. The predicted molar refractivity (Wildman–Crippen MR) is 96.2 cm³/mol. The molecule has 0 saturated carbocycles. The van der Waals surface area contributed by atoms with Gasteiger partial charge in [-0.25, -0.2) is 9.98 Å². The minimum Gasteiger partial charge on any atom is -0.393 e. The summed E-state index contributed by atoms with van der Waals surface area (Å²) in [5, 5.41) is 17.1. The van der Waals surface area contributed by atoms with Crippen molar-refractivity contribution in [2.45, 2.75) is 45.0 Å². The summed E-state index contributed by atoms with van der Waals surface area (Å²) < 4.78 is 37.7. The van der Waals surface area contributed by atoms with Crippen molar-refractivity contribution >= 4 is 17.3 Å². The van der Waals surface area contributed by atoms with E-state index in [9.17, 15) is 18.3 Å². The average molecular weight is 393 g/mol. The summed E-state index contributed by atoms with van der Waals surface area (Å²) >= 11 is 0.963. The van der Waals surface area contributed by atoms with Crippen LogP contribution in [0.2, 0.25) is 0 Å². The van der Waals surface area contributed by atoms with Gasteiger partial charge in [0.1, 0.15) is 5.01 Å². The number of thiazole rings is 1. The van der Waals surface area contributed by atoms with Gasteiger partial charge in [-0.1, -0.05) is 0 Å². The second-order valence-electron chi connectivity index (χ2n) is 6.17. The third-order valence-electron chi connectivity index (χ3n) is 4.06. The number of nitrogens with zero attached hydrogens (tertiary/aromatic N) is 3. The number of aliphatic imine (C=N–C) groups is 1. The van der Waals surface area contributed by atoms with Crippen LogP contribution in [0.3, 0.4) is 0 Å². The van der Waals surface area contributed by atoms with E-state index in [-0.39, 0.29) is 12.6 Å². The van der Waals surface area contributed by atoms with Crippen LogP contribution in [-0.4, -0.2) is 59.8 Å². The first kappa shape index (κ1) is 20.9. The molecule has 0 atom stereocenters. The standard InChI is InChI=1S/C16H26F3N5OS/c1-2-20-15(21-6-3-7-24-8-4-12(25)5-9-24)22-10-14-23-13(11-26-14)16(17,18)19/h11-12,25H,2-10H2,1H3,(H2,20,21,22). The van der Waals surface area contributed by atoms with E-state index in [2.05, 4.69) is 25.5 Å². The Morgan fingerprint density at radius 1 is 1.38 bits per heavy atom. The lowest BCUT2D eigenvalue weighted by molar-refractivity contribution is -0.140. The zero-order chi connectivity index (χ0) is 19.0. The minimum absolute atomic E-state index is 0.111. The average Bonchev–Trinajstić information content (AvgIpc) is 3.07. The monoisotopic (exact) mass is 393 g/mol. The molecular formula is C16H26F3N5OS. The lowest BCUT2D eigenvalue weighted by atomic mass is 10.1. The number of piperidine rings is 1. The van der Waals surface area contributed by atoms with Crippen molar-refractivity contribution in [3.8, 4) is 0 Å². The Hall–Kier alpha value is -1.39. The molecule has 10 heteroatoms. The summed E-state index contributed by atoms with van der Waals surface area (Å²) in [4.78, 5) is 10.2. The lowest BCUT2D eigenvalue weighted by Crippen LogP contribution is -2.40. The number of nitrogens with one attached hydrogen (secondary N) is 2. The van der Waals surface area contributed by atoms with Crippen LogP contribution >= 0.6 is 11.3 Å². The van der Waals surface area contributed by atoms with Crippen LogP contribution in [0.5, 0.6) is 0 Å². The van der Waals surface area contributed by atoms with Gasteiger partial charge in [0.05, 0.1) is 12.6 Å². The Morgan fingerprint density at radius 3 is 2.73 bits per heavy atom. The van der Waals surface area contributed by atoms with E-state index < -0.39 is 11.9 Å². The molecule has 3 N–H and O–H groups in total. The number of aliphatic hydroxyl groups excluding tert-OH is 1. The Bertz CT molecular complexity index is 570. The molecule has 1 aromatic heterocycles. The largest absolute Gasteiger partial charge is 0.434 e. The number of hydrogen-bond donors (Lipinski definition) is 3. The van der Waals surface area contributed by atoms with Crippen molar-refractivity contribution in [3.05, 3.63) is 16.1 Å². The Labute approximate surface area is 155 Å². The Balaban J connectivity index is 1.74. The highest BCUT2D eigenvalue weighted by Gasteiger charge is 2.33. The summed E-state index contributed by atoms with van der Waals surface area (Å²) in [5.74, 6) is 0.574. The van der Waals surface area contributed by atoms with Crippen LogP contribution in [0.4, 0.5) is 13.2 Å². The maximum atomic E-state index is 12.6. The van der Waals surface area contributed by atoms with E-state index in [4.69, 9.17) is 0 Å². The fraction of sp³-hybridized carbons (Fsp3) is 0.750. The maximum Gasteiger partial charge on any atom is 0.434 e. The zero-order valence-corrected chi connectivity index (χ0v) is 15.7. The lowest BCUT2D eigenvalue weighted by Gasteiger charge is -2.29. The second kappa shape index (κ2) is 10.1. The van der Waals surface area contributed by atoms with Crippen LogP contribution in [0.25, 0.3) is 0 Å². The Morgan fingerprint density at radius 2 is 2.12 bits per heavy atom. The van der Waals surface area contributed by atoms with E-state index in [1.807, 2.05) is 6.92 Å². The SMILES string of the molecule is CCNC(=NCc1nc(C(F)(F)F)cs1)NCCCN1CCC(O)CC1. The molecule has 0 unspecified atom stereocenters. The molecule has 0 amide bonds. The first-order valence-corrected chi connectivity index (χ1v) is 9.70. The van der Waals surface area contributed by atoms with Crippen LogP contribution in [-0.2, 0) is 12.7 Å². The van der Waals surface area contributed by atoms with Gasteiger partial charge in [-0.3, -0.25) is 0 Å². The van der Waals surface area contributed by atoms with Crippen LogP contribution in [0.1, 0.15) is 36.9 Å². The first-order valence-electron chi connectivity index (χ1n) is 8.82. The minimum atomic E-state index is -4.41. The van der Waals surface area contributed by atoms with Crippen molar-refractivity contribution in [2.24, 2.45) is 4.99 Å². The van der Waals surface area contributed by atoms with Gasteiger partial charge in [0.25, 0.3) is 0 Å². The number of aromatic nitrogens is 1. The third-order valence-corrected chi connectivity index (χ3v) is 4.89. The summed E-state index contributed by atoms with van der Waals surface area (Å²) in [7, 11) is 0.